The summed E-state index contributed by atoms with van der Waals surface area (Å²) in [6.07, 6.45) is 20.4. The standard InChI is InChI=1S/C29H50/c1-7-22-15-17-28(5)23(19-22)11-12-24-26-14-13-25(21(4)10-8-9-20(2)3)29(26,6)18-16-27(24)28/h11,20-22,24-27H,7-10,12-19H2,1-6H3/t21-,22+,24?,25-,26?,27?,28?,29-/m1/s1. The number of allylic oxidation sites excluding steroid dienone is 2. The summed E-state index contributed by atoms with van der Waals surface area (Å²) in [7, 11) is 0. The van der Waals surface area contributed by atoms with Crippen molar-refractivity contribution in [3.05, 3.63) is 11.6 Å². The maximum atomic E-state index is 2.77. The van der Waals surface area contributed by atoms with Gasteiger partial charge in [0.25, 0.3) is 0 Å². The monoisotopic (exact) mass is 398 g/mol. The molecule has 0 saturated heterocycles. The van der Waals surface area contributed by atoms with Crippen LogP contribution >= 0.6 is 0 Å². The second-order valence-electron chi connectivity index (χ2n) is 12.8. The van der Waals surface area contributed by atoms with Crippen LogP contribution in [-0.4, -0.2) is 0 Å². The topological polar surface area (TPSA) is 0 Å². The van der Waals surface area contributed by atoms with Crippen LogP contribution in [-0.2, 0) is 0 Å². The van der Waals surface area contributed by atoms with Crippen LogP contribution in [0.1, 0.15) is 119 Å². The molecule has 0 heterocycles. The maximum Gasteiger partial charge on any atom is -0.00851 e. The molecule has 0 aromatic heterocycles. The Balaban J connectivity index is 1.48. The molecule has 0 bridgehead atoms. The minimum Gasteiger partial charge on any atom is -0.0845 e. The minimum atomic E-state index is 0.552. The average Bonchev–Trinajstić information content (AvgIpc) is 3.04. The van der Waals surface area contributed by atoms with Gasteiger partial charge in [-0.1, -0.05) is 78.9 Å². The van der Waals surface area contributed by atoms with E-state index < -0.39 is 0 Å². The van der Waals surface area contributed by atoms with Gasteiger partial charge in [-0.25, -0.2) is 0 Å². The van der Waals surface area contributed by atoms with E-state index in [1.165, 1.54) is 77.0 Å². The van der Waals surface area contributed by atoms with Crippen molar-refractivity contribution >= 4 is 0 Å². The van der Waals surface area contributed by atoms with Crippen molar-refractivity contribution in [1.82, 2.24) is 0 Å². The molecular formula is C29H50. The van der Waals surface area contributed by atoms with Crippen molar-refractivity contribution < 1.29 is 0 Å². The Hall–Kier alpha value is -0.260. The summed E-state index contributed by atoms with van der Waals surface area (Å²) in [6, 6.07) is 0. The van der Waals surface area contributed by atoms with Gasteiger partial charge >= 0.3 is 0 Å². The second-order valence-corrected chi connectivity index (χ2v) is 12.8. The van der Waals surface area contributed by atoms with Gasteiger partial charge < -0.3 is 0 Å². The van der Waals surface area contributed by atoms with Crippen molar-refractivity contribution in [1.29, 1.82) is 0 Å². The molecule has 4 aliphatic carbocycles. The molecule has 29 heavy (non-hydrogen) atoms. The van der Waals surface area contributed by atoms with Crippen molar-refractivity contribution in [2.45, 2.75) is 119 Å². The van der Waals surface area contributed by atoms with E-state index in [2.05, 4.69) is 47.6 Å². The SMILES string of the molecule is CC[C@H]1CCC2(C)C(=CCC3C2CC[C@@]2(C)C3CC[C@@H]2[C@H](C)CCCC(C)C)C1. The Morgan fingerprint density at radius 3 is 2.48 bits per heavy atom. The largest absolute Gasteiger partial charge is 0.0845 e. The van der Waals surface area contributed by atoms with E-state index in [9.17, 15) is 0 Å². The van der Waals surface area contributed by atoms with Gasteiger partial charge in [0.1, 0.15) is 0 Å². The molecule has 4 rings (SSSR count). The Kier molecular flexibility index (Phi) is 6.32. The lowest BCUT2D eigenvalue weighted by molar-refractivity contribution is -0.0528. The molecular weight excluding hydrogens is 348 g/mol. The van der Waals surface area contributed by atoms with E-state index in [1.807, 2.05) is 5.57 Å². The Labute approximate surface area is 182 Å². The second kappa shape index (κ2) is 8.35. The summed E-state index contributed by atoms with van der Waals surface area (Å²) >= 11 is 0. The lowest BCUT2D eigenvalue weighted by Crippen LogP contribution is -2.50. The predicted molar refractivity (Wildman–Crippen MR) is 127 cm³/mol. The Bertz CT molecular complexity index is 599. The third kappa shape index (κ3) is 3.78. The summed E-state index contributed by atoms with van der Waals surface area (Å²) in [6.45, 7) is 15.2. The summed E-state index contributed by atoms with van der Waals surface area (Å²) < 4.78 is 0. The first-order valence-corrected chi connectivity index (χ1v) is 13.5. The van der Waals surface area contributed by atoms with Crippen LogP contribution in [0.3, 0.4) is 0 Å². The number of rotatable bonds is 6. The fourth-order valence-electron chi connectivity index (χ4n) is 9.11. The summed E-state index contributed by atoms with van der Waals surface area (Å²) in [5.41, 5.74) is 3.08. The molecule has 166 valence electrons. The molecule has 0 heteroatoms. The predicted octanol–water partition coefficient (Wildman–Crippen LogP) is 9.05. The van der Waals surface area contributed by atoms with Gasteiger partial charge in [-0.3, -0.25) is 0 Å². The van der Waals surface area contributed by atoms with E-state index in [1.54, 1.807) is 0 Å². The maximum absolute atomic E-state index is 2.77. The molecule has 0 nitrogen and oxygen atoms in total. The van der Waals surface area contributed by atoms with Crippen LogP contribution in [0.25, 0.3) is 0 Å². The fraction of sp³-hybridized carbons (Fsp3) is 0.931. The van der Waals surface area contributed by atoms with E-state index in [0.717, 1.165) is 41.4 Å². The normalized spacial score (nSPS) is 45.3. The smallest absolute Gasteiger partial charge is 0.00851 e. The van der Waals surface area contributed by atoms with E-state index >= 15 is 0 Å². The zero-order chi connectivity index (χ0) is 20.8. The molecule has 4 aliphatic rings. The van der Waals surface area contributed by atoms with E-state index in [0.29, 0.717) is 10.8 Å². The van der Waals surface area contributed by atoms with Crippen LogP contribution in [0.2, 0.25) is 0 Å². The van der Waals surface area contributed by atoms with Gasteiger partial charge in [-0.15, -0.1) is 0 Å². The summed E-state index contributed by atoms with van der Waals surface area (Å²) in [5.74, 6) is 6.78. The van der Waals surface area contributed by atoms with Crippen LogP contribution in [0.15, 0.2) is 11.6 Å². The highest BCUT2D eigenvalue weighted by atomic mass is 14.6. The third-order valence-corrected chi connectivity index (χ3v) is 11.0. The molecule has 0 aromatic carbocycles. The van der Waals surface area contributed by atoms with Crippen molar-refractivity contribution in [3.8, 4) is 0 Å². The Morgan fingerprint density at radius 2 is 1.76 bits per heavy atom. The molecule has 3 saturated carbocycles. The molecule has 3 fully saturated rings. The van der Waals surface area contributed by atoms with Crippen molar-refractivity contribution in [2.24, 2.45) is 52.3 Å². The molecule has 0 N–H and O–H groups in total. The number of hydrogen-bond donors (Lipinski definition) is 0. The van der Waals surface area contributed by atoms with Crippen LogP contribution < -0.4 is 0 Å². The third-order valence-electron chi connectivity index (χ3n) is 11.0. The molecule has 8 atom stereocenters. The number of hydrogen-bond acceptors (Lipinski definition) is 0. The van der Waals surface area contributed by atoms with Gasteiger partial charge in [0.05, 0.1) is 0 Å². The number of fused-ring (bicyclic) bond motifs is 5. The Morgan fingerprint density at radius 1 is 0.966 bits per heavy atom. The van der Waals surface area contributed by atoms with Crippen LogP contribution in [0, 0.1) is 52.3 Å². The van der Waals surface area contributed by atoms with Gasteiger partial charge in [0.15, 0.2) is 0 Å². The molecule has 4 unspecified atom stereocenters. The zero-order valence-corrected chi connectivity index (χ0v) is 20.6. The van der Waals surface area contributed by atoms with Crippen LogP contribution in [0.5, 0.6) is 0 Å². The first-order chi connectivity index (χ1) is 13.8. The fourth-order valence-corrected chi connectivity index (χ4v) is 9.11. The molecule has 0 radical (unpaired) electrons. The highest BCUT2D eigenvalue weighted by Gasteiger charge is 2.58. The molecule has 0 aromatic rings. The average molecular weight is 399 g/mol. The molecule has 0 aliphatic heterocycles. The first kappa shape index (κ1) is 22.0. The zero-order valence-electron chi connectivity index (χ0n) is 20.6. The summed E-state index contributed by atoms with van der Waals surface area (Å²) in [4.78, 5) is 0. The van der Waals surface area contributed by atoms with Gasteiger partial charge in [0, 0.05) is 0 Å². The molecule has 0 amide bonds. The minimum absolute atomic E-state index is 0.552. The highest BCUT2D eigenvalue weighted by Crippen LogP contribution is 2.67. The van der Waals surface area contributed by atoms with Crippen molar-refractivity contribution in [2.75, 3.05) is 0 Å². The van der Waals surface area contributed by atoms with Crippen molar-refractivity contribution in [3.63, 3.8) is 0 Å². The van der Waals surface area contributed by atoms with Crippen LogP contribution in [0.4, 0.5) is 0 Å². The van der Waals surface area contributed by atoms with Gasteiger partial charge in [0.2, 0.25) is 0 Å². The lowest BCUT2D eigenvalue weighted by Gasteiger charge is -2.58. The quantitative estimate of drug-likeness (QED) is 0.391. The summed E-state index contributed by atoms with van der Waals surface area (Å²) in [5, 5.41) is 0. The van der Waals surface area contributed by atoms with Gasteiger partial charge in [-0.05, 0) is 104 Å². The molecule has 0 spiro atoms. The first-order valence-electron chi connectivity index (χ1n) is 13.5. The van der Waals surface area contributed by atoms with Gasteiger partial charge in [-0.2, -0.15) is 0 Å². The van der Waals surface area contributed by atoms with E-state index in [4.69, 9.17) is 0 Å². The van der Waals surface area contributed by atoms with E-state index in [-0.39, 0.29) is 0 Å². The lowest BCUT2D eigenvalue weighted by atomic mass is 9.46. The highest BCUT2D eigenvalue weighted by molar-refractivity contribution is 5.25.